The van der Waals surface area contributed by atoms with Crippen LogP contribution in [0.1, 0.15) is 22.6 Å². The molecule has 6 heteroatoms. The molecule has 0 unspecified atom stereocenters. The molecule has 1 aromatic carbocycles. The minimum Gasteiger partial charge on any atom is -0.346 e. The number of carbonyl (C=O) groups excluding carboxylic acids is 1. The lowest BCUT2D eigenvalue weighted by Gasteiger charge is -2.44. The highest BCUT2D eigenvalue weighted by molar-refractivity contribution is 8.01. The summed E-state index contributed by atoms with van der Waals surface area (Å²) < 4.78 is 1.05. The van der Waals surface area contributed by atoms with Gasteiger partial charge >= 0.3 is 0 Å². The van der Waals surface area contributed by atoms with Gasteiger partial charge in [-0.25, -0.2) is 4.98 Å². The summed E-state index contributed by atoms with van der Waals surface area (Å²) in [6.07, 6.45) is 4.21. The van der Waals surface area contributed by atoms with Gasteiger partial charge in [-0.15, -0.1) is 11.3 Å². The Bertz CT molecular complexity index is 680. The second-order valence-corrected chi connectivity index (χ2v) is 8.52. The fourth-order valence-electron chi connectivity index (χ4n) is 3.37. The Balaban J connectivity index is 1.39. The van der Waals surface area contributed by atoms with Gasteiger partial charge in [-0.1, -0.05) is 30.0 Å². The molecule has 3 saturated heterocycles. The van der Waals surface area contributed by atoms with Crippen molar-refractivity contribution in [2.45, 2.75) is 28.0 Å². The molecule has 1 N–H and O–H groups in total. The topological polar surface area (TPSA) is 45.2 Å². The third kappa shape index (κ3) is 3.44. The molecule has 4 heterocycles. The van der Waals surface area contributed by atoms with Crippen LogP contribution in [0.3, 0.4) is 0 Å². The lowest BCUT2D eigenvalue weighted by molar-refractivity contribution is 0.0620. The molecule has 3 aliphatic rings. The zero-order valence-electron chi connectivity index (χ0n) is 12.8. The third-order valence-electron chi connectivity index (χ3n) is 4.61. The summed E-state index contributed by atoms with van der Waals surface area (Å²) >= 11 is 3.12. The van der Waals surface area contributed by atoms with E-state index in [-0.39, 0.29) is 5.91 Å². The Morgan fingerprint density at radius 1 is 1.26 bits per heavy atom. The summed E-state index contributed by atoms with van der Waals surface area (Å²) in [5, 5.41) is 3.77. The zero-order chi connectivity index (χ0) is 15.6. The molecule has 0 radical (unpaired) electrons. The van der Waals surface area contributed by atoms with Crippen molar-refractivity contribution in [1.29, 1.82) is 0 Å². The van der Waals surface area contributed by atoms with E-state index in [1.165, 1.54) is 42.2 Å². The third-order valence-corrected chi connectivity index (χ3v) is 6.72. The SMILES string of the molecule is O=C(N[C@H]1CN2CCC1CC2)c1ncc(Sc2ccccc2)s1. The van der Waals surface area contributed by atoms with E-state index in [0.717, 1.165) is 10.8 Å². The van der Waals surface area contributed by atoms with Crippen molar-refractivity contribution in [1.82, 2.24) is 15.2 Å². The molecule has 1 amide bonds. The number of amides is 1. The van der Waals surface area contributed by atoms with Crippen molar-refractivity contribution in [3.63, 3.8) is 0 Å². The lowest BCUT2D eigenvalue weighted by Crippen LogP contribution is -2.57. The van der Waals surface area contributed by atoms with Gasteiger partial charge in [0.15, 0.2) is 5.01 Å². The Morgan fingerprint density at radius 3 is 2.74 bits per heavy atom. The Kier molecular flexibility index (Phi) is 4.37. The van der Waals surface area contributed by atoms with E-state index in [4.69, 9.17) is 0 Å². The Labute approximate surface area is 144 Å². The molecule has 23 heavy (non-hydrogen) atoms. The molecule has 2 bridgehead atoms. The number of nitrogens with one attached hydrogen (secondary N) is 1. The maximum atomic E-state index is 12.5. The van der Waals surface area contributed by atoms with Crippen LogP contribution in [-0.4, -0.2) is 41.5 Å². The summed E-state index contributed by atoms with van der Waals surface area (Å²) in [6.45, 7) is 3.37. The van der Waals surface area contributed by atoms with Gasteiger partial charge in [0.2, 0.25) is 0 Å². The van der Waals surface area contributed by atoms with Crippen molar-refractivity contribution < 1.29 is 4.79 Å². The summed E-state index contributed by atoms with van der Waals surface area (Å²) in [6, 6.07) is 10.5. The molecular formula is C17H19N3OS2. The van der Waals surface area contributed by atoms with Crippen LogP contribution in [0.4, 0.5) is 0 Å². The number of hydrogen-bond acceptors (Lipinski definition) is 5. The van der Waals surface area contributed by atoms with Crippen molar-refractivity contribution in [3.8, 4) is 0 Å². The average molecular weight is 345 g/mol. The molecule has 3 aliphatic heterocycles. The number of thiazole rings is 1. The fourth-order valence-corrected chi connectivity index (χ4v) is 5.25. The number of carbonyl (C=O) groups is 1. The van der Waals surface area contributed by atoms with Gasteiger partial charge in [-0.3, -0.25) is 4.79 Å². The predicted molar refractivity (Wildman–Crippen MR) is 93.1 cm³/mol. The van der Waals surface area contributed by atoms with Crippen molar-refractivity contribution in [2.24, 2.45) is 5.92 Å². The highest BCUT2D eigenvalue weighted by Crippen LogP contribution is 2.32. The largest absolute Gasteiger partial charge is 0.346 e. The summed E-state index contributed by atoms with van der Waals surface area (Å²) in [5.74, 6) is 0.621. The lowest BCUT2D eigenvalue weighted by atomic mass is 9.84. The molecular weight excluding hydrogens is 326 g/mol. The van der Waals surface area contributed by atoms with E-state index in [1.54, 1.807) is 18.0 Å². The molecule has 1 atom stereocenters. The molecule has 3 fully saturated rings. The molecule has 0 spiro atoms. The van der Waals surface area contributed by atoms with Crippen molar-refractivity contribution in [2.75, 3.05) is 19.6 Å². The van der Waals surface area contributed by atoms with E-state index in [2.05, 4.69) is 27.3 Å². The number of rotatable bonds is 4. The summed E-state index contributed by atoms with van der Waals surface area (Å²) in [5.41, 5.74) is 0. The first kappa shape index (κ1) is 15.2. The van der Waals surface area contributed by atoms with Gasteiger partial charge in [0.05, 0.1) is 10.4 Å². The van der Waals surface area contributed by atoms with E-state index in [9.17, 15) is 4.79 Å². The van der Waals surface area contributed by atoms with Gasteiger partial charge in [0.25, 0.3) is 5.91 Å². The Morgan fingerprint density at radius 2 is 2.04 bits per heavy atom. The number of benzene rings is 1. The van der Waals surface area contributed by atoms with Crippen molar-refractivity contribution in [3.05, 3.63) is 41.5 Å². The summed E-state index contributed by atoms with van der Waals surface area (Å²) in [4.78, 5) is 20.4. The highest BCUT2D eigenvalue weighted by atomic mass is 32.2. The normalized spacial score (nSPS) is 26.2. The second kappa shape index (κ2) is 6.63. The van der Waals surface area contributed by atoms with Crippen LogP contribution in [0.25, 0.3) is 0 Å². The zero-order valence-corrected chi connectivity index (χ0v) is 14.4. The van der Waals surface area contributed by atoms with E-state index < -0.39 is 0 Å². The van der Waals surface area contributed by atoms with Crippen LogP contribution >= 0.6 is 23.1 Å². The van der Waals surface area contributed by atoms with Crippen LogP contribution < -0.4 is 5.32 Å². The monoisotopic (exact) mass is 345 g/mol. The number of aromatic nitrogens is 1. The van der Waals surface area contributed by atoms with Crippen molar-refractivity contribution >= 4 is 29.0 Å². The first-order valence-corrected chi connectivity index (χ1v) is 9.63. The quantitative estimate of drug-likeness (QED) is 0.925. The van der Waals surface area contributed by atoms with Crippen LogP contribution in [0.15, 0.2) is 45.6 Å². The average Bonchev–Trinajstić information content (AvgIpc) is 3.05. The molecule has 2 aromatic rings. The standard InChI is InChI=1S/C17H19N3OS2/c21-16(19-14-11-20-8-6-12(14)7-9-20)17-18-10-15(23-17)22-13-4-2-1-3-5-13/h1-5,10,12,14H,6-9,11H2,(H,19,21)/t14-/m0/s1. The van der Waals surface area contributed by atoms with Gasteiger partial charge in [-0.2, -0.15) is 0 Å². The predicted octanol–water partition coefficient (Wildman–Crippen LogP) is 3.12. The van der Waals surface area contributed by atoms with Gasteiger partial charge in [-0.05, 0) is 44.0 Å². The van der Waals surface area contributed by atoms with E-state index in [0.29, 0.717) is 17.0 Å². The maximum Gasteiger partial charge on any atom is 0.280 e. The number of hydrogen-bond donors (Lipinski definition) is 1. The molecule has 0 aliphatic carbocycles. The first-order valence-electron chi connectivity index (χ1n) is 8.00. The first-order chi connectivity index (χ1) is 11.3. The molecule has 5 rings (SSSR count). The maximum absolute atomic E-state index is 12.5. The smallest absolute Gasteiger partial charge is 0.280 e. The minimum absolute atomic E-state index is 0.0198. The highest BCUT2D eigenvalue weighted by Gasteiger charge is 2.35. The van der Waals surface area contributed by atoms with Crippen LogP contribution in [0, 0.1) is 5.92 Å². The number of nitrogens with zero attached hydrogens (tertiary/aromatic N) is 2. The number of piperidine rings is 3. The van der Waals surface area contributed by atoms with Gasteiger partial charge in [0, 0.05) is 17.5 Å². The Hall–Kier alpha value is -1.37. The molecule has 120 valence electrons. The summed E-state index contributed by atoms with van der Waals surface area (Å²) in [7, 11) is 0. The minimum atomic E-state index is -0.0198. The second-order valence-electron chi connectivity index (χ2n) is 6.12. The molecule has 4 nitrogen and oxygen atoms in total. The molecule has 0 saturated carbocycles. The van der Waals surface area contributed by atoms with Gasteiger partial charge in [0.1, 0.15) is 0 Å². The number of fused-ring (bicyclic) bond motifs is 3. The van der Waals surface area contributed by atoms with Crippen LogP contribution in [0.2, 0.25) is 0 Å². The van der Waals surface area contributed by atoms with Crippen LogP contribution in [-0.2, 0) is 0 Å². The fraction of sp³-hybridized carbons (Fsp3) is 0.412. The van der Waals surface area contributed by atoms with E-state index in [1.807, 2.05) is 18.2 Å². The van der Waals surface area contributed by atoms with Crippen LogP contribution in [0.5, 0.6) is 0 Å². The molecule has 1 aromatic heterocycles. The van der Waals surface area contributed by atoms with Gasteiger partial charge < -0.3 is 10.2 Å². The van der Waals surface area contributed by atoms with E-state index >= 15 is 0 Å².